The van der Waals surface area contributed by atoms with Crippen LogP contribution in [-0.4, -0.2) is 40.3 Å². The zero-order valence-electron chi connectivity index (χ0n) is 10.8. The molecule has 0 unspecified atom stereocenters. The molecule has 0 aromatic carbocycles. The Morgan fingerprint density at radius 2 is 2.05 bits per heavy atom. The Kier molecular flexibility index (Phi) is 6.28. The Morgan fingerprint density at radius 1 is 1.26 bits per heavy atom. The van der Waals surface area contributed by atoms with Crippen LogP contribution in [0.5, 0.6) is 0 Å². The lowest BCUT2D eigenvalue weighted by atomic mass is 10.2. The molecule has 19 heavy (non-hydrogen) atoms. The zero-order valence-corrected chi connectivity index (χ0v) is 10.8. The van der Waals surface area contributed by atoms with Crippen molar-refractivity contribution < 1.29 is 14.7 Å². The molecule has 0 aliphatic heterocycles. The molecule has 1 rings (SSSR count). The van der Waals surface area contributed by atoms with Gasteiger partial charge in [0, 0.05) is 19.5 Å². The first kappa shape index (κ1) is 14.9. The molecule has 0 spiro atoms. The molecule has 7 heteroatoms. The van der Waals surface area contributed by atoms with Gasteiger partial charge in [0.15, 0.2) is 5.69 Å². The summed E-state index contributed by atoms with van der Waals surface area (Å²) in [6, 6.07) is 3.27. The summed E-state index contributed by atoms with van der Waals surface area (Å²) < 4.78 is 0. The minimum absolute atomic E-state index is 0.170. The molecule has 0 atom stereocenters. The maximum Gasteiger partial charge on any atom is 0.303 e. The van der Waals surface area contributed by atoms with Crippen LogP contribution in [0, 0.1) is 0 Å². The van der Waals surface area contributed by atoms with E-state index >= 15 is 0 Å². The first-order valence-electron chi connectivity index (χ1n) is 6.21. The third kappa shape index (κ3) is 5.80. The van der Waals surface area contributed by atoms with Crippen LogP contribution in [0.15, 0.2) is 12.1 Å². The van der Waals surface area contributed by atoms with Crippen molar-refractivity contribution in [3.05, 3.63) is 17.8 Å². The third-order valence-corrected chi connectivity index (χ3v) is 2.36. The number of rotatable bonds is 8. The highest BCUT2D eigenvalue weighted by atomic mass is 16.4. The summed E-state index contributed by atoms with van der Waals surface area (Å²) in [5, 5.41) is 21.8. The lowest BCUT2D eigenvalue weighted by Gasteiger charge is -2.05. The Bertz CT molecular complexity index is 419. The molecule has 1 heterocycles. The predicted molar refractivity (Wildman–Crippen MR) is 70.0 cm³/mol. The van der Waals surface area contributed by atoms with Gasteiger partial charge < -0.3 is 15.7 Å². The summed E-state index contributed by atoms with van der Waals surface area (Å²) in [6.45, 7) is 3.00. The summed E-state index contributed by atoms with van der Waals surface area (Å²) in [4.78, 5) is 21.7. The van der Waals surface area contributed by atoms with Gasteiger partial charge in [0.1, 0.15) is 5.82 Å². The SMILES string of the molecule is CCNC(=O)c1ccc(NCCCCC(=O)O)nn1. The number of carbonyl (C=O) groups is 2. The summed E-state index contributed by atoms with van der Waals surface area (Å²) >= 11 is 0. The number of hydrogen-bond donors (Lipinski definition) is 3. The summed E-state index contributed by atoms with van der Waals surface area (Å²) in [6.07, 6.45) is 1.53. The molecule has 7 nitrogen and oxygen atoms in total. The normalized spacial score (nSPS) is 9.95. The van der Waals surface area contributed by atoms with Crippen LogP contribution in [0.3, 0.4) is 0 Å². The molecule has 0 aliphatic carbocycles. The molecular weight excluding hydrogens is 248 g/mol. The highest BCUT2D eigenvalue weighted by Gasteiger charge is 2.06. The van der Waals surface area contributed by atoms with Crippen LogP contribution in [0.2, 0.25) is 0 Å². The molecule has 0 fully saturated rings. The van der Waals surface area contributed by atoms with Gasteiger partial charge in [-0.05, 0) is 31.9 Å². The fourth-order valence-electron chi connectivity index (χ4n) is 1.42. The Hall–Kier alpha value is -2.18. The monoisotopic (exact) mass is 266 g/mol. The third-order valence-electron chi connectivity index (χ3n) is 2.36. The molecule has 1 aromatic rings. The maximum atomic E-state index is 11.4. The highest BCUT2D eigenvalue weighted by molar-refractivity contribution is 5.92. The quantitative estimate of drug-likeness (QED) is 0.604. The van der Waals surface area contributed by atoms with E-state index in [1.54, 1.807) is 12.1 Å². The number of aliphatic carboxylic acids is 1. The Morgan fingerprint density at radius 3 is 2.63 bits per heavy atom. The average Bonchev–Trinajstić information content (AvgIpc) is 2.39. The predicted octanol–water partition coefficient (Wildman–Crippen LogP) is 0.893. The summed E-state index contributed by atoms with van der Waals surface area (Å²) in [7, 11) is 0. The smallest absolute Gasteiger partial charge is 0.303 e. The number of carboxylic acids is 1. The van der Waals surface area contributed by atoms with E-state index in [1.165, 1.54) is 0 Å². The first-order chi connectivity index (χ1) is 9.13. The molecular formula is C12H18N4O3. The van der Waals surface area contributed by atoms with E-state index < -0.39 is 5.97 Å². The van der Waals surface area contributed by atoms with E-state index in [2.05, 4.69) is 20.8 Å². The van der Waals surface area contributed by atoms with Crippen molar-refractivity contribution in [3.8, 4) is 0 Å². The molecule has 1 amide bonds. The number of carbonyl (C=O) groups excluding carboxylic acids is 1. The van der Waals surface area contributed by atoms with Gasteiger partial charge in [-0.1, -0.05) is 0 Å². The standard InChI is InChI=1S/C12H18N4O3/c1-2-13-12(19)9-6-7-10(16-15-9)14-8-4-3-5-11(17)18/h6-7H,2-5,8H2,1H3,(H,13,19)(H,14,16)(H,17,18). The number of nitrogens with zero attached hydrogens (tertiary/aromatic N) is 2. The van der Waals surface area contributed by atoms with Gasteiger partial charge in [0.2, 0.25) is 0 Å². The van der Waals surface area contributed by atoms with Gasteiger partial charge in [-0.2, -0.15) is 0 Å². The minimum atomic E-state index is -0.786. The van der Waals surface area contributed by atoms with Crippen molar-refractivity contribution in [2.75, 3.05) is 18.4 Å². The molecule has 0 radical (unpaired) electrons. The molecule has 1 aromatic heterocycles. The number of nitrogens with one attached hydrogen (secondary N) is 2. The van der Waals surface area contributed by atoms with Crippen LogP contribution in [0.4, 0.5) is 5.82 Å². The maximum absolute atomic E-state index is 11.4. The Balaban J connectivity index is 2.32. The minimum Gasteiger partial charge on any atom is -0.481 e. The van der Waals surface area contributed by atoms with E-state index in [0.29, 0.717) is 25.3 Å². The van der Waals surface area contributed by atoms with E-state index in [4.69, 9.17) is 5.11 Å². The van der Waals surface area contributed by atoms with E-state index in [0.717, 1.165) is 6.42 Å². The van der Waals surface area contributed by atoms with Gasteiger partial charge >= 0.3 is 5.97 Å². The number of amides is 1. The number of unbranched alkanes of at least 4 members (excludes halogenated alkanes) is 1. The van der Waals surface area contributed by atoms with Crippen LogP contribution < -0.4 is 10.6 Å². The van der Waals surface area contributed by atoms with Gasteiger partial charge in [0.05, 0.1) is 0 Å². The molecule has 3 N–H and O–H groups in total. The average molecular weight is 266 g/mol. The zero-order chi connectivity index (χ0) is 14.1. The molecule has 0 bridgehead atoms. The number of carboxylic acid groups (broad SMARTS) is 1. The summed E-state index contributed by atoms with van der Waals surface area (Å²) in [5.74, 6) is -0.461. The number of hydrogen-bond acceptors (Lipinski definition) is 5. The van der Waals surface area contributed by atoms with Crippen LogP contribution in [0.1, 0.15) is 36.7 Å². The number of aromatic nitrogens is 2. The van der Waals surface area contributed by atoms with Gasteiger partial charge in [-0.15, -0.1) is 10.2 Å². The number of anilines is 1. The van der Waals surface area contributed by atoms with Crippen molar-refractivity contribution in [1.82, 2.24) is 15.5 Å². The Labute approximate surface area is 111 Å². The van der Waals surface area contributed by atoms with Crippen molar-refractivity contribution >= 4 is 17.7 Å². The second-order valence-corrected chi connectivity index (χ2v) is 3.94. The fraction of sp³-hybridized carbons (Fsp3) is 0.500. The van der Waals surface area contributed by atoms with Crippen molar-refractivity contribution in [3.63, 3.8) is 0 Å². The van der Waals surface area contributed by atoms with Crippen molar-refractivity contribution in [1.29, 1.82) is 0 Å². The largest absolute Gasteiger partial charge is 0.481 e. The van der Waals surface area contributed by atoms with E-state index in [-0.39, 0.29) is 18.0 Å². The van der Waals surface area contributed by atoms with Crippen LogP contribution in [-0.2, 0) is 4.79 Å². The lowest BCUT2D eigenvalue weighted by Crippen LogP contribution is -2.24. The highest BCUT2D eigenvalue weighted by Crippen LogP contribution is 2.03. The van der Waals surface area contributed by atoms with E-state index in [9.17, 15) is 9.59 Å². The first-order valence-corrected chi connectivity index (χ1v) is 6.21. The van der Waals surface area contributed by atoms with Gasteiger partial charge in [-0.3, -0.25) is 9.59 Å². The molecule has 0 saturated carbocycles. The van der Waals surface area contributed by atoms with Gasteiger partial charge in [-0.25, -0.2) is 0 Å². The fourth-order valence-corrected chi connectivity index (χ4v) is 1.42. The van der Waals surface area contributed by atoms with Crippen LogP contribution in [0.25, 0.3) is 0 Å². The second-order valence-electron chi connectivity index (χ2n) is 3.94. The second kappa shape index (κ2) is 8.02. The van der Waals surface area contributed by atoms with Crippen molar-refractivity contribution in [2.45, 2.75) is 26.2 Å². The topological polar surface area (TPSA) is 104 Å². The van der Waals surface area contributed by atoms with Crippen LogP contribution >= 0.6 is 0 Å². The molecule has 0 aliphatic rings. The molecule has 0 saturated heterocycles. The molecule has 104 valence electrons. The van der Waals surface area contributed by atoms with Gasteiger partial charge in [0.25, 0.3) is 5.91 Å². The lowest BCUT2D eigenvalue weighted by molar-refractivity contribution is -0.137. The van der Waals surface area contributed by atoms with Crippen molar-refractivity contribution in [2.24, 2.45) is 0 Å². The van der Waals surface area contributed by atoms with E-state index in [1.807, 2.05) is 6.92 Å². The summed E-state index contributed by atoms with van der Waals surface area (Å²) in [5.41, 5.74) is 0.276.